The molecule has 3 nitrogen and oxygen atoms in total. The minimum atomic E-state index is -0.250. The summed E-state index contributed by atoms with van der Waals surface area (Å²) in [5.74, 6) is 1.75. The third-order valence-electron chi connectivity index (χ3n) is 3.02. The second-order valence-electron chi connectivity index (χ2n) is 4.66. The summed E-state index contributed by atoms with van der Waals surface area (Å²) >= 11 is 0. The van der Waals surface area contributed by atoms with Crippen molar-refractivity contribution in [2.45, 2.75) is 32.2 Å². The Morgan fingerprint density at radius 2 is 1.69 bits per heavy atom. The zero-order valence-corrected chi connectivity index (χ0v) is 10.7. The molecule has 0 aliphatic rings. The van der Waals surface area contributed by atoms with E-state index in [9.17, 15) is 0 Å². The topological polar surface area (TPSA) is 44.5 Å². The first-order valence-electron chi connectivity index (χ1n) is 5.41. The number of hydrogen-bond acceptors (Lipinski definition) is 3. The maximum Gasteiger partial charge on any atom is 0.160 e. The Hall–Kier alpha value is -1.22. The molecule has 90 valence electrons. The monoisotopic (exact) mass is 223 g/mol. The smallest absolute Gasteiger partial charge is 0.160 e. The van der Waals surface area contributed by atoms with E-state index in [-0.39, 0.29) is 11.5 Å². The van der Waals surface area contributed by atoms with Gasteiger partial charge in [0.15, 0.2) is 11.5 Å². The lowest BCUT2D eigenvalue weighted by Gasteiger charge is -2.28. The maximum absolute atomic E-state index is 6.10. The normalized spacial score (nSPS) is 13.4. The fraction of sp³-hybridized carbons (Fsp3) is 0.538. The summed E-state index contributed by atoms with van der Waals surface area (Å²) in [4.78, 5) is 0. The number of ether oxygens (including phenoxy) is 2. The van der Waals surface area contributed by atoms with Gasteiger partial charge in [0, 0.05) is 5.54 Å². The second kappa shape index (κ2) is 4.74. The van der Waals surface area contributed by atoms with Crippen molar-refractivity contribution in [2.24, 2.45) is 5.73 Å². The number of methoxy groups -OCH3 is 2. The lowest BCUT2D eigenvalue weighted by atomic mass is 9.84. The highest BCUT2D eigenvalue weighted by molar-refractivity contribution is 5.44. The van der Waals surface area contributed by atoms with Gasteiger partial charge >= 0.3 is 0 Å². The summed E-state index contributed by atoms with van der Waals surface area (Å²) in [6, 6.07) is 5.93. The van der Waals surface area contributed by atoms with Gasteiger partial charge in [-0.05, 0) is 37.5 Å². The van der Waals surface area contributed by atoms with Crippen molar-refractivity contribution >= 4 is 0 Å². The van der Waals surface area contributed by atoms with Gasteiger partial charge in [0.25, 0.3) is 0 Å². The first-order valence-corrected chi connectivity index (χ1v) is 5.41. The van der Waals surface area contributed by atoms with E-state index in [1.165, 1.54) is 0 Å². The van der Waals surface area contributed by atoms with Gasteiger partial charge in [-0.3, -0.25) is 0 Å². The van der Waals surface area contributed by atoms with E-state index < -0.39 is 0 Å². The molecule has 16 heavy (non-hydrogen) atoms. The van der Waals surface area contributed by atoms with Crippen LogP contribution >= 0.6 is 0 Å². The molecule has 1 aromatic carbocycles. The molecule has 0 radical (unpaired) electrons. The van der Waals surface area contributed by atoms with Crippen LogP contribution in [0.5, 0.6) is 11.5 Å². The minimum absolute atomic E-state index is 0.250. The van der Waals surface area contributed by atoms with Crippen LogP contribution in [0.25, 0.3) is 0 Å². The molecule has 0 aliphatic carbocycles. The highest BCUT2D eigenvalue weighted by Gasteiger charge is 2.23. The van der Waals surface area contributed by atoms with E-state index >= 15 is 0 Å². The fourth-order valence-electron chi connectivity index (χ4n) is 1.55. The summed E-state index contributed by atoms with van der Waals surface area (Å²) in [6.45, 7) is 6.16. The van der Waals surface area contributed by atoms with E-state index in [0.29, 0.717) is 0 Å². The molecule has 0 spiro atoms. The molecule has 0 fully saturated rings. The molecule has 0 amide bonds. The molecule has 1 aromatic rings. The third kappa shape index (κ3) is 2.67. The van der Waals surface area contributed by atoms with Crippen molar-refractivity contribution in [1.29, 1.82) is 0 Å². The van der Waals surface area contributed by atoms with Crippen molar-refractivity contribution in [3.05, 3.63) is 23.8 Å². The van der Waals surface area contributed by atoms with Gasteiger partial charge in [-0.25, -0.2) is 0 Å². The van der Waals surface area contributed by atoms with Crippen molar-refractivity contribution in [1.82, 2.24) is 0 Å². The Morgan fingerprint density at radius 3 is 2.12 bits per heavy atom. The van der Waals surface area contributed by atoms with Crippen molar-refractivity contribution in [2.75, 3.05) is 14.2 Å². The summed E-state index contributed by atoms with van der Waals surface area (Å²) < 4.78 is 10.5. The van der Waals surface area contributed by atoms with Crippen LogP contribution in [0.1, 0.15) is 32.3 Å². The molecule has 1 rings (SSSR count). The lowest BCUT2D eigenvalue weighted by Crippen LogP contribution is -2.37. The third-order valence-corrected chi connectivity index (χ3v) is 3.02. The van der Waals surface area contributed by atoms with Gasteiger partial charge in [0.05, 0.1) is 14.2 Å². The van der Waals surface area contributed by atoms with E-state index in [4.69, 9.17) is 15.2 Å². The predicted octanol–water partition coefficient (Wildman–Crippen LogP) is 2.54. The highest BCUT2D eigenvalue weighted by atomic mass is 16.5. The quantitative estimate of drug-likeness (QED) is 0.853. The van der Waals surface area contributed by atoms with Crippen LogP contribution in [0, 0.1) is 0 Å². The Bertz CT molecular complexity index is 355. The maximum atomic E-state index is 6.10. The number of nitrogens with two attached hydrogens (primary N) is 1. The standard InChI is InChI=1S/C13H21NO2/c1-9(13(2,3)14)10-6-7-11(15-4)12(8-10)16-5/h6-9H,14H2,1-5H3. The lowest BCUT2D eigenvalue weighted by molar-refractivity contribution is 0.353. The van der Waals surface area contributed by atoms with Crippen LogP contribution < -0.4 is 15.2 Å². The van der Waals surface area contributed by atoms with Crippen molar-refractivity contribution in [3.63, 3.8) is 0 Å². The minimum Gasteiger partial charge on any atom is -0.493 e. The number of hydrogen-bond donors (Lipinski definition) is 1. The zero-order chi connectivity index (χ0) is 12.3. The average molecular weight is 223 g/mol. The van der Waals surface area contributed by atoms with Crippen LogP contribution in [0.3, 0.4) is 0 Å². The zero-order valence-electron chi connectivity index (χ0n) is 10.7. The van der Waals surface area contributed by atoms with Gasteiger partial charge in [-0.15, -0.1) is 0 Å². The molecule has 0 aliphatic heterocycles. The molecule has 0 heterocycles. The van der Waals surface area contributed by atoms with Crippen LogP contribution in [-0.4, -0.2) is 19.8 Å². The largest absolute Gasteiger partial charge is 0.493 e. The second-order valence-corrected chi connectivity index (χ2v) is 4.66. The molecule has 1 unspecified atom stereocenters. The molecular weight excluding hydrogens is 202 g/mol. The van der Waals surface area contributed by atoms with Crippen LogP contribution in [-0.2, 0) is 0 Å². The SMILES string of the molecule is COc1ccc(C(C)C(C)(C)N)cc1OC. The molecule has 3 heteroatoms. The molecule has 1 atom stereocenters. The van der Waals surface area contributed by atoms with E-state index in [0.717, 1.165) is 17.1 Å². The Kier molecular flexibility index (Phi) is 3.81. The average Bonchev–Trinajstić information content (AvgIpc) is 2.25. The van der Waals surface area contributed by atoms with Gasteiger partial charge in [0.2, 0.25) is 0 Å². The Balaban J connectivity index is 3.08. The Labute approximate surface area is 97.6 Å². The van der Waals surface area contributed by atoms with Crippen LogP contribution in [0.15, 0.2) is 18.2 Å². The molecule has 0 bridgehead atoms. The fourth-order valence-corrected chi connectivity index (χ4v) is 1.55. The van der Waals surface area contributed by atoms with Gasteiger partial charge in [0.1, 0.15) is 0 Å². The Morgan fingerprint density at radius 1 is 1.12 bits per heavy atom. The first-order chi connectivity index (χ1) is 7.40. The number of rotatable bonds is 4. The first kappa shape index (κ1) is 12.8. The highest BCUT2D eigenvalue weighted by Crippen LogP contribution is 2.33. The van der Waals surface area contributed by atoms with Crippen molar-refractivity contribution in [3.8, 4) is 11.5 Å². The van der Waals surface area contributed by atoms with E-state index in [2.05, 4.69) is 6.92 Å². The molecule has 0 saturated carbocycles. The van der Waals surface area contributed by atoms with E-state index in [1.807, 2.05) is 32.0 Å². The van der Waals surface area contributed by atoms with Gasteiger partial charge in [-0.2, -0.15) is 0 Å². The van der Waals surface area contributed by atoms with Crippen LogP contribution in [0.2, 0.25) is 0 Å². The van der Waals surface area contributed by atoms with Crippen LogP contribution in [0.4, 0.5) is 0 Å². The summed E-state index contributed by atoms with van der Waals surface area (Å²) in [7, 11) is 3.27. The predicted molar refractivity (Wildman–Crippen MR) is 66.2 cm³/mol. The van der Waals surface area contributed by atoms with Gasteiger partial charge in [-0.1, -0.05) is 13.0 Å². The molecule has 2 N–H and O–H groups in total. The summed E-state index contributed by atoms with van der Waals surface area (Å²) in [5, 5.41) is 0. The number of benzene rings is 1. The molecule has 0 saturated heterocycles. The van der Waals surface area contributed by atoms with Gasteiger partial charge < -0.3 is 15.2 Å². The van der Waals surface area contributed by atoms with E-state index in [1.54, 1.807) is 14.2 Å². The molecular formula is C13H21NO2. The summed E-state index contributed by atoms with van der Waals surface area (Å²) in [5.41, 5.74) is 7.01. The van der Waals surface area contributed by atoms with Crippen molar-refractivity contribution < 1.29 is 9.47 Å². The summed E-state index contributed by atoms with van der Waals surface area (Å²) in [6.07, 6.45) is 0. The molecule has 0 aromatic heterocycles.